The van der Waals surface area contributed by atoms with Crippen molar-refractivity contribution in [3.05, 3.63) is 48.5 Å². The van der Waals surface area contributed by atoms with Gasteiger partial charge in [-0.3, -0.25) is 0 Å². The van der Waals surface area contributed by atoms with Gasteiger partial charge in [0.15, 0.2) is 9.84 Å². The molecule has 2 aromatic carbocycles. The van der Waals surface area contributed by atoms with Crippen molar-refractivity contribution in [3.8, 4) is 17.2 Å². The highest BCUT2D eigenvalue weighted by molar-refractivity contribution is 7.91. The minimum Gasteiger partial charge on any atom is -0.465 e. The summed E-state index contributed by atoms with van der Waals surface area (Å²) in [4.78, 5) is 13.1. The van der Waals surface area contributed by atoms with Crippen LogP contribution in [0.1, 0.15) is 6.42 Å². The highest BCUT2D eigenvalue weighted by Crippen LogP contribution is 2.28. The molecule has 2 aromatic rings. The van der Waals surface area contributed by atoms with E-state index in [1.807, 2.05) is 4.90 Å². The first-order valence-corrected chi connectivity index (χ1v) is 15.1. The number of alkyl halides is 3. The van der Waals surface area contributed by atoms with Crippen LogP contribution in [0.4, 0.5) is 18.0 Å². The van der Waals surface area contributed by atoms with Crippen LogP contribution in [-0.4, -0.2) is 94.4 Å². The van der Waals surface area contributed by atoms with Gasteiger partial charge in [0.05, 0.1) is 16.9 Å². The van der Waals surface area contributed by atoms with Crippen LogP contribution in [0.2, 0.25) is 0 Å². The second kappa shape index (κ2) is 12.4. The number of sulfonamides is 1. The summed E-state index contributed by atoms with van der Waals surface area (Å²) in [6.45, 7) is 1.86. The molecule has 11 nitrogen and oxygen atoms in total. The van der Waals surface area contributed by atoms with Crippen molar-refractivity contribution in [3.63, 3.8) is 0 Å². The Morgan fingerprint density at radius 3 is 1.95 bits per heavy atom. The molecule has 0 radical (unpaired) electrons. The third kappa shape index (κ3) is 9.87. The molecule has 0 saturated carbocycles. The van der Waals surface area contributed by atoms with E-state index in [0.717, 1.165) is 18.4 Å². The summed E-state index contributed by atoms with van der Waals surface area (Å²) in [6, 6.07) is 9.06. The number of rotatable bonds is 11. The van der Waals surface area contributed by atoms with E-state index in [4.69, 9.17) is 4.74 Å². The smallest absolute Gasteiger partial charge is 0.465 e. The number of benzene rings is 2. The Balaban J connectivity index is 1.58. The van der Waals surface area contributed by atoms with Crippen LogP contribution in [0.25, 0.3) is 0 Å². The predicted molar refractivity (Wildman–Crippen MR) is 134 cm³/mol. The number of amides is 1. The number of ether oxygens (including phenoxy) is 2. The number of hydrogen-bond acceptors (Lipinski definition) is 8. The van der Waals surface area contributed by atoms with Crippen molar-refractivity contribution < 1.29 is 49.4 Å². The molecular formula is C23H28F3N3O8S2. The number of piperazine rings is 1. The van der Waals surface area contributed by atoms with Gasteiger partial charge in [0.1, 0.15) is 17.2 Å². The fourth-order valence-electron chi connectivity index (χ4n) is 3.92. The highest BCUT2D eigenvalue weighted by Gasteiger charge is 2.31. The van der Waals surface area contributed by atoms with Crippen LogP contribution in [-0.2, 0) is 19.9 Å². The molecule has 1 unspecified atom stereocenters. The van der Waals surface area contributed by atoms with E-state index >= 15 is 0 Å². The first-order valence-electron chi connectivity index (χ1n) is 11.6. The summed E-state index contributed by atoms with van der Waals surface area (Å²) in [6.07, 6.45) is -4.86. The molecule has 1 fully saturated rings. The first kappa shape index (κ1) is 30.5. The molecule has 1 amide bonds. The number of halogens is 3. The Labute approximate surface area is 224 Å². The van der Waals surface area contributed by atoms with Crippen molar-refractivity contribution in [2.45, 2.75) is 23.7 Å². The van der Waals surface area contributed by atoms with E-state index in [2.05, 4.69) is 10.1 Å². The summed E-state index contributed by atoms with van der Waals surface area (Å²) in [5, 5.41) is 11.4. The third-order valence-corrected chi connectivity index (χ3v) is 8.95. The third-order valence-electron chi connectivity index (χ3n) is 5.82. The monoisotopic (exact) mass is 595 g/mol. The van der Waals surface area contributed by atoms with Crippen LogP contribution in [0.15, 0.2) is 53.4 Å². The van der Waals surface area contributed by atoms with Crippen LogP contribution >= 0.6 is 0 Å². The number of nitrogens with one attached hydrogen (secondary N) is 1. The van der Waals surface area contributed by atoms with Gasteiger partial charge in [-0.25, -0.2) is 21.6 Å². The quantitative estimate of drug-likeness (QED) is 0.401. The number of hydrogen-bond donors (Lipinski definition) is 2. The first-order chi connectivity index (χ1) is 18.1. The SMILES string of the molecule is CS(=O)(=O)N1CCN(CCC(CS(=O)(=O)c2ccc(Oc3ccc(OC(F)(F)F)cc3)cc2)NC(=O)O)CC1. The molecule has 1 atom stereocenters. The number of sulfone groups is 1. The molecule has 1 aliphatic rings. The lowest BCUT2D eigenvalue weighted by molar-refractivity contribution is -0.274. The second-order valence-corrected chi connectivity index (χ2v) is 12.8. The van der Waals surface area contributed by atoms with Gasteiger partial charge < -0.3 is 24.8 Å². The number of carboxylic acid groups (broad SMARTS) is 1. The standard InChI is InChI=1S/C23H28F3N3O8S2/c1-38(32,33)29-14-12-28(13-15-29)11-10-17(27-22(30)31)16-39(34,35)21-8-6-19(7-9-21)36-18-2-4-20(5-3-18)37-23(24,25)26/h2-9,17,27H,10-16H2,1H3,(H,30,31). The molecular weight excluding hydrogens is 567 g/mol. The molecule has 1 aliphatic heterocycles. The van der Waals surface area contributed by atoms with Crippen LogP contribution in [0, 0.1) is 0 Å². The Morgan fingerprint density at radius 1 is 0.949 bits per heavy atom. The van der Waals surface area contributed by atoms with E-state index < -0.39 is 49.9 Å². The van der Waals surface area contributed by atoms with E-state index in [1.165, 1.54) is 40.7 Å². The summed E-state index contributed by atoms with van der Waals surface area (Å²) >= 11 is 0. The van der Waals surface area contributed by atoms with Crippen LogP contribution in [0.3, 0.4) is 0 Å². The zero-order chi connectivity index (χ0) is 28.8. The van der Waals surface area contributed by atoms with Gasteiger partial charge in [-0.05, 0) is 55.0 Å². The maximum atomic E-state index is 13.0. The lowest BCUT2D eigenvalue weighted by Crippen LogP contribution is -2.49. The summed E-state index contributed by atoms with van der Waals surface area (Å²) in [5.41, 5.74) is 0. The van der Waals surface area contributed by atoms with Crippen molar-refractivity contribution in [1.29, 1.82) is 0 Å². The normalized spacial score (nSPS) is 16.4. The minimum absolute atomic E-state index is 0.0669. The average molecular weight is 596 g/mol. The maximum absolute atomic E-state index is 13.0. The topological polar surface area (TPSA) is 143 Å². The van der Waals surface area contributed by atoms with Crippen molar-refractivity contribution in [2.24, 2.45) is 0 Å². The fourth-order valence-corrected chi connectivity index (χ4v) is 6.27. The second-order valence-electron chi connectivity index (χ2n) is 8.81. The molecule has 1 saturated heterocycles. The number of carbonyl (C=O) groups is 1. The molecule has 0 bridgehead atoms. The van der Waals surface area contributed by atoms with Gasteiger partial charge in [0.25, 0.3) is 0 Å². The molecule has 0 aromatic heterocycles. The van der Waals surface area contributed by atoms with Gasteiger partial charge >= 0.3 is 12.5 Å². The molecule has 0 spiro atoms. The summed E-state index contributed by atoms with van der Waals surface area (Å²) in [7, 11) is -7.20. The summed E-state index contributed by atoms with van der Waals surface area (Å²) < 4.78 is 96.8. The lowest BCUT2D eigenvalue weighted by Gasteiger charge is -2.33. The summed E-state index contributed by atoms with van der Waals surface area (Å²) in [5.74, 6) is -0.490. The van der Waals surface area contributed by atoms with E-state index in [0.29, 0.717) is 32.7 Å². The minimum atomic E-state index is -4.82. The Bertz CT molecular complexity index is 1330. The molecule has 0 aliphatic carbocycles. The van der Waals surface area contributed by atoms with E-state index in [1.54, 1.807) is 0 Å². The van der Waals surface area contributed by atoms with Gasteiger partial charge in [0.2, 0.25) is 10.0 Å². The molecule has 16 heteroatoms. The van der Waals surface area contributed by atoms with Crippen LogP contribution in [0.5, 0.6) is 17.2 Å². The van der Waals surface area contributed by atoms with Gasteiger partial charge in [-0.2, -0.15) is 4.31 Å². The molecule has 216 valence electrons. The predicted octanol–water partition coefficient (Wildman–Crippen LogP) is 2.75. The van der Waals surface area contributed by atoms with E-state index in [9.17, 15) is 39.9 Å². The van der Waals surface area contributed by atoms with Crippen LogP contribution < -0.4 is 14.8 Å². The van der Waals surface area contributed by atoms with Crippen molar-refractivity contribution in [2.75, 3.05) is 44.7 Å². The maximum Gasteiger partial charge on any atom is 0.573 e. The molecule has 2 N–H and O–H groups in total. The Morgan fingerprint density at radius 2 is 1.46 bits per heavy atom. The highest BCUT2D eigenvalue weighted by atomic mass is 32.2. The molecule has 1 heterocycles. The van der Waals surface area contributed by atoms with Crippen molar-refractivity contribution in [1.82, 2.24) is 14.5 Å². The molecule has 39 heavy (non-hydrogen) atoms. The van der Waals surface area contributed by atoms with Gasteiger partial charge in [-0.15, -0.1) is 13.2 Å². The molecule has 3 rings (SSSR count). The van der Waals surface area contributed by atoms with Gasteiger partial charge in [0, 0.05) is 38.8 Å². The Hall–Kier alpha value is -3.08. The Kier molecular flexibility index (Phi) is 9.69. The lowest BCUT2D eigenvalue weighted by atomic mass is 10.2. The zero-order valence-electron chi connectivity index (χ0n) is 20.8. The van der Waals surface area contributed by atoms with Gasteiger partial charge in [-0.1, -0.05) is 0 Å². The zero-order valence-corrected chi connectivity index (χ0v) is 22.4. The van der Waals surface area contributed by atoms with Crippen molar-refractivity contribution >= 4 is 26.0 Å². The van der Waals surface area contributed by atoms with E-state index in [-0.39, 0.29) is 22.8 Å². The fraction of sp³-hybridized carbons (Fsp3) is 0.435. The average Bonchev–Trinajstić information content (AvgIpc) is 2.82. The number of nitrogens with zero attached hydrogens (tertiary/aromatic N) is 2. The largest absolute Gasteiger partial charge is 0.573 e.